The molecule has 0 aromatic heterocycles. The number of nitrogens with zero attached hydrogens (tertiary/aromatic N) is 1. The average molecular weight is 440 g/mol. The minimum Gasteiger partial charge on any atom is -0.458 e. The third kappa shape index (κ3) is 6.82. The zero-order valence-electron chi connectivity index (χ0n) is 20.4. The molecule has 0 saturated carbocycles. The molecule has 2 N–H and O–H groups in total. The van der Waals surface area contributed by atoms with Crippen molar-refractivity contribution in [2.75, 3.05) is 19.8 Å². The van der Waals surface area contributed by atoms with Gasteiger partial charge in [0, 0.05) is 19.0 Å². The van der Waals surface area contributed by atoms with Crippen LogP contribution in [0.3, 0.4) is 0 Å². The Labute approximate surface area is 186 Å². The van der Waals surface area contributed by atoms with E-state index in [2.05, 4.69) is 17.6 Å². The maximum absolute atomic E-state index is 13.3. The van der Waals surface area contributed by atoms with Crippen molar-refractivity contribution in [3.8, 4) is 0 Å². The summed E-state index contributed by atoms with van der Waals surface area (Å²) in [4.78, 5) is 40.9. The van der Waals surface area contributed by atoms with Crippen LogP contribution in [0.15, 0.2) is 0 Å². The van der Waals surface area contributed by atoms with Gasteiger partial charge in [-0.25, -0.2) is 9.59 Å². The molecule has 0 spiro atoms. The summed E-state index contributed by atoms with van der Waals surface area (Å²) in [5.41, 5.74) is -1.05. The van der Waals surface area contributed by atoms with E-state index in [1.165, 1.54) is 0 Å². The van der Waals surface area contributed by atoms with Crippen molar-refractivity contribution < 1.29 is 23.9 Å². The van der Waals surface area contributed by atoms with Crippen LogP contribution in [0.25, 0.3) is 0 Å². The molecule has 0 aliphatic carbocycles. The van der Waals surface area contributed by atoms with E-state index in [-0.39, 0.29) is 18.1 Å². The number of likely N-dealkylation sites (tertiary alicyclic amines) is 1. The maximum Gasteiger partial charge on any atom is 0.329 e. The van der Waals surface area contributed by atoms with Crippen LogP contribution in [0.1, 0.15) is 68.2 Å². The Morgan fingerprint density at radius 1 is 1.00 bits per heavy atom. The van der Waals surface area contributed by atoms with Gasteiger partial charge in [0.2, 0.25) is 5.91 Å². The van der Waals surface area contributed by atoms with Gasteiger partial charge in [0.1, 0.15) is 18.2 Å². The normalized spacial score (nSPS) is 26.3. The quantitative estimate of drug-likeness (QED) is 0.642. The monoisotopic (exact) mass is 439 g/mol. The zero-order chi connectivity index (χ0) is 23.6. The molecule has 8 nitrogen and oxygen atoms in total. The van der Waals surface area contributed by atoms with Gasteiger partial charge >= 0.3 is 12.0 Å². The second kappa shape index (κ2) is 9.76. The lowest BCUT2D eigenvalue weighted by Crippen LogP contribution is -2.60. The molecule has 31 heavy (non-hydrogen) atoms. The van der Waals surface area contributed by atoms with Crippen LogP contribution in [-0.2, 0) is 19.1 Å². The van der Waals surface area contributed by atoms with Crippen molar-refractivity contribution >= 4 is 17.9 Å². The second-order valence-corrected chi connectivity index (χ2v) is 11.3. The fourth-order valence-corrected chi connectivity index (χ4v) is 4.19. The first-order valence-corrected chi connectivity index (χ1v) is 11.4. The minimum absolute atomic E-state index is 0.0857. The predicted octanol–water partition coefficient (Wildman–Crippen LogP) is 2.70. The van der Waals surface area contributed by atoms with Gasteiger partial charge in [0.05, 0.1) is 13.2 Å². The molecular formula is C23H41N3O5. The van der Waals surface area contributed by atoms with Crippen molar-refractivity contribution in [1.29, 1.82) is 0 Å². The lowest BCUT2D eigenvalue weighted by atomic mass is 9.85. The summed E-state index contributed by atoms with van der Waals surface area (Å²) in [5, 5.41) is 5.61. The van der Waals surface area contributed by atoms with E-state index in [0.717, 1.165) is 6.42 Å². The summed E-state index contributed by atoms with van der Waals surface area (Å²) < 4.78 is 10.8. The van der Waals surface area contributed by atoms with Crippen LogP contribution in [0, 0.1) is 16.7 Å². The number of rotatable bonds is 5. The molecule has 2 heterocycles. The summed E-state index contributed by atoms with van der Waals surface area (Å²) in [5.74, 6) is -0.135. The van der Waals surface area contributed by atoms with E-state index >= 15 is 0 Å². The first-order chi connectivity index (χ1) is 14.2. The molecule has 3 amide bonds. The first kappa shape index (κ1) is 25.4. The molecule has 0 aromatic rings. The van der Waals surface area contributed by atoms with E-state index in [4.69, 9.17) is 9.47 Å². The Bertz CT molecular complexity index is 661. The van der Waals surface area contributed by atoms with Gasteiger partial charge in [-0.1, -0.05) is 48.5 Å². The van der Waals surface area contributed by atoms with Gasteiger partial charge in [-0.2, -0.15) is 0 Å². The predicted molar refractivity (Wildman–Crippen MR) is 118 cm³/mol. The number of urea groups is 1. The van der Waals surface area contributed by atoms with Crippen LogP contribution < -0.4 is 10.6 Å². The molecule has 178 valence electrons. The van der Waals surface area contributed by atoms with Crippen molar-refractivity contribution in [2.24, 2.45) is 16.7 Å². The highest BCUT2D eigenvalue weighted by Gasteiger charge is 2.41. The van der Waals surface area contributed by atoms with Crippen LogP contribution in [-0.4, -0.2) is 66.8 Å². The van der Waals surface area contributed by atoms with Crippen molar-refractivity contribution in [3.63, 3.8) is 0 Å². The fourth-order valence-electron chi connectivity index (χ4n) is 4.19. The molecule has 2 rings (SSSR count). The van der Waals surface area contributed by atoms with Gasteiger partial charge in [0.15, 0.2) is 0 Å². The smallest absolute Gasteiger partial charge is 0.329 e. The third-order valence-corrected chi connectivity index (χ3v) is 6.00. The van der Waals surface area contributed by atoms with Gasteiger partial charge in [-0.3, -0.25) is 4.79 Å². The molecule has 2 aliphatic heterocycles. The van der Waals surface area contributed by atoms with E-state index in [1.807, 2.05) is 53.4 Å². The number of amides is 3. The van der Waals surface area contributed by atoms with Crippen molar-refractivity contribution in [2.45, 2.75) is 92.5 Å². The Kier molecular flexibility index (Phi) is 8.00. The van der Waals surface area contributed by atoms with Gasteiger partial charge in [0.25, 0.3) is 0 Å². The Hall–Kier alpha value is -1.83. The highest BCUT2D eigenvalue weighted by Crippen LogP contribution is 2.28. The van der Waals surface area contributed by atoms with Gasteiger partial charge < -0.3 is 25.0 Å². The zero-order valence-corrected chi connectivity index (χ0v) is 20.4. The Morgan fingerprint density at radius 2 is 1.58 bits per heavy atom. The molecule has 0 radical (unpaired) electrons. The molecule has 2 unspecified atom stereocenters. The topological polar surface area (TPSA) is 97.0 Å². The van der Waals surface area contributed by atoms with Gasteiger partial charge in [-0.05, 0) is 30.1 Å². The van der Waals surface area contributed by atoms with Crippen LogP contribution in [0.2, 0.25) is 0 Å². The maximum atomic E-state index is 13.3. The average Bonchev–Trinajstić information content (AvgIpc) is 3.24. The number of nitrogens with one attached hydrogen (secondary N) is 2. The summed E-state index contributed by atoms with van der Waals surface area (Å²) >= 11 is 0. The molecule has 0 aromatic carbocycles. The second-order valence-electron chi connectivity index (χ2n) is 11.3. The summed E-state index contributed by atoms with van der Waals surface area (Å²) in [6.45, 7) is 17.2. The Morgan fingerprint density at radius 3 is 2.03 bits per heavy atom. The van der Waals surface area contributed by atoms with Crippen molar-refractivity contribution in [1.82, 2.24) is 15.5 Å². The number of carbonyl (C=O) groups is 3. The molecule has 5 atom stereocenters. The molecule has 0 bridgehead atoms. The third-order valence-electron chi connectivity index (χ3n) is 6.00. The summed E-state index contributed by atoms with van der Waals surface area (Å²) in [6, 6.07) is -1.97. The highest BCUT2D eigenvalue weighted by atomic mass is 16.6. The number of hydrogen-bond donors (Lipinski definition) is 2. The number of carbonyl (C=O) groups excluding carboxylic acids is 3. The van der Waals surface area contributed by atoms with E-state index in [0.29, 0.717) is 32.1 Å². The summed E-state index contributed by atoms with van der Waals surface area (Å²) in [7, 11) is 0. The van der Waals surface area contributed by atoms with Crippen molar-refractivity contribution in [3.05, 3.63) is 0 Å². The molecule has 2 aliphatic rings. The molecule has 2 fully saturated rings. The standard InChI is InChI=1S/C23H41N3O5/c1-14-11-15(2)26(12-14)19(27)17(22(3,4)5)24-21(29)25-18(23(6,7)8)20(28)31-16-9-10-30-13-16/h14-18H,9-13H2,1-8H3,(H2,24,25,29)/t14-,15-,16?,17-,18?/m1/s1. The lowest BCUT2D eigenvalue weighted by molar-refractivity contribution is -0.154. The van der Waals surface area contributed by atoms with E-state index in [9.17, 15) is 14.4 Å². The largest absolute Gasteiger partial charge is 0.458 e. The summed E-state index contributed by atoms with van der Waals surface area (Å²) in [6.07, 6.45) is 1.32. The van der Waals surface area contributed by atoms with Crippen LogP contribution >= 0.6 is 0 Å². The molecule has 2 saturated heterocycles. The number of esters is 1. The Balaban J connectivity index is 2.10. The fraction of sp³-hybridized carbons (Fsp3) is 0.870. The number of ether oxygens (including phenoxy) is 2. The minimum atomic E-state index is -0.852. The van der Waals surface area contributed by atoms with E-state index in [1.54, 1.807) is 0 Å². The SMILES string of the molecule is C[C@@H]1C[C@@H](C)N(C(=O)[C@@H](NC(=O)NC(C(=O)OC2CCOC2)C(C)(C)C)C(C)(C)C)C1. The van der Waals surface area contributed by atoms with E-state index < -0.39 is 34.9 Å². The van der Waals surface area contributed by atoms with Crippen LogP contribution in [0.4, 0.5) is 4.79 Å². The lowest BCUT2D eigenvalue weighted by Gasteiger charge is -2.36. The number of hydrogen-bond acceptors (Lipinski definition) is 5. The van der Waals surface area contributed by atoms with Crippen LogP contribution in [0.5, 0.6) is 0 Å². The van der Waals surface area contributed by atoms with Gasteiger partial charge in [-0.15, -0.1) is 0 Å². The molecule has 8 heteroatoms. The molecular weight excluding hydrogens is 398 g/mol. The first-order valence-electron chi connectivity index (χ1n) is 11.4. The highest BCUT2D eigenvalue weighted by molar-refractivity contribution is 5.90.